The van der Waals surface area contributed by atoms with Crippen molar-refractivity contribution in [2.45, 2.75) is 12.6 Å². The summed E-state index contributed by atoms with van der Waals surface area (Å²) in [5.41, 5.74) is 0.333. The summed E-state index contributed by atoms with van der Waals surface area (Å²) in [6.07, 6.45) is -5.18. The molecule has 0 saturated heterocycles. The molecule has 0 radical (unpaired) electrons. The zero-order valence-corrected chi connectivity index (χ0v) is 15.2. The molecule has 0 aliphatic carbocycles. The third kappa shape index (κ3) is 8.74. The molecule has 0 aliphatic rings. The van der Waals surface area contributed by atoms with E-state index < -0.39 is 17.5 Å². The first-order valence-corrected chi connectivity index (χ1v) is 6.82. The van der Waals surface area contributed by atoms with Crippen LogP contribution in [0.15, 0.2) is 29.3 Å². The molecule has 0 aliphatic heterocycles. The van der Waals surface area contributed by atoms with Gasteiger partial charge in [-0.15, -0.1) is 24.0 Å². The molecule has 0 spiro atoms. The number of nitro benzene ring substituents is 1. The van der Waals surface area contributed by atoms with Crippen LogP contribution in [0.5, 0.6) is 0 Å². The minimum atomic E-state index is -4.22. The van der Waals surface area contributed by atoms with Crippen LogP contribution in [0, 0.1) is 10.1 Å². The van der Waals surface area contributed by atoms with Gasteiger partial charge in [-0.05, 0) is 6.07 Å². The van der Waals surface area contributed by atoms with Gasteiger partial charge in [0, 0.05) is 32.7 Å². The van der Waals surface area contributed by atoms with Crippen molar-refractivity contribution >= 4 is 41.3 Å². The molecule has 7 nitrogen and oxygen atoms in total. The van der Waals surface area contributed by atoms with Crippen molar-refractivity contribution in [3.8, 4) is 0 Å². The maximum Gasteiger partial charge on any atom is 0.390 e. The number of para-hydroxylation sites is 2. The predicted octanol–water partition coefficient (Wildman–Crippen LogP) is 2.74. The maximum atomic E-state index is 12.0. The van der Waals surface area contributed by atoms with Gasteiger partial charge in [0.05, 0.1) is 11.3 Å². The second-order valence-electron chi connectivity index (χ2n) is 4.49. The average Bonchev–Trinajstić information content (AvgIpc) is 2.48. The van der Waals surface area contributed by atoms with E-state index in [1.54, 1.807) is 18.2 Å². The Morgan fingerprint density at radius 2 is 1.83 bits per heavy atom. The Kier molecular flexibility index (Phi) is 10.1. The largest absolute Gasteiger partial charge is 0.390 e. The molecule has 1 aromatic carbocycles. The van der Waals surface area contributed by atoms with Crippen molar-refractivity contribution in [3.63, 3.8) is 0 Å². The number of rotatable bonds is 7. The second kappa shape index (κ2) is 10.9. The molecule has 0 heterocycles. The van der Waals surface area contributed by atoms with Crippen molar-refractivity contribution in [3.05, 3.63) is 34.4 Å². The number of halogens is 4. The highest BCUT2D eigenvalue weighted by atomic mass is 127. The first kappa shape index (κ1) is 22.2. The number of hydrogen-bond acceptors (Lipinski definition) is 4. The van der Waals surface area contributed by atoms with Crippen LogP contribution in [-0.4, -0.2) is 43.7 Å². The fourth-order valence-electron chi connectivity index (χ4n) is 1.70. The first-order chi connectivity index (χ1) is 10.8. The van der Waals surface area contributed by atoms with Crippen molar-refractivity contribution in [2.24, 2.45) is 4.99 Å². The van der Waals surface area contributed by atoms with E-state index in [4.69, 9.17) is 0 Å². The van der Waals surface area contributed by atoms with Gasteiger partial charge in [-0.1, -0.05) is 12.1 Å². The Morgan fingerprint density at radius 1 is 1.21 bits per heavy atom. The lowest BCUT2D eigenvalue weighted by molar-refractivity contribution is -0.384. The molecule has 0 amide bonds. The summed E-state index contributed by atoms with van der Waals surface area (Å²) < 4.78 is 36.1. The lowest BCUT2D eigenvalue weighted by Crippen LogP contribution is -2.40. The molecule has 0 unspecified atom stereocenters. The van der Waals surface area contributed by atoms with Crippen LogP contribution >= 0.6 is 24.0 Å². The molecule has 1 aromatic rings. The first-order valence-electron chi connectivity index (χ1n) is 6.82. The molecule has 1 rings (SSSR count). The van der Waals surface area contributed by atoms with Crippen molar-refractivity contribution in [1.82, 2.24) is 10.6 Å². The van der Waals surface area contributed by atoms with Crippen LogP contribution in [0.25, 0.3) is 0 Å². The van der Waals surface area contributed by atoms with Gasteiger partial charge in [0.15, 0.2) is 5.96 Å². The number of nitrogens with zero attached hydrogens (tertiary/aromatic N) is 2. The maximum absolute atomic E-state index is 12.0. The number of anilines is 1. The van der Waals surface area contributed by atoms with Gasteiger partial charge in [0.1, 0.15) is 5.69 Å². The third-order valence-corrected chi connectivity index (χ3v) is 2.76. The number of benzene rings is 1. The van der Waals surface area contributed by atoms with E-state index in [-0.39, 0.29) is 42.2 Å². The van der Waals surface area contributed by atoms with Gasteiger partial charge in [-0.3, -0.25) is 15.1 Å². The normalized spacial score (nSPS) is 11.4. The zero-order chi connectivity index (χ0) is 17.3. The predicted molar refractivity (Wildman–Crippen MR) is 97.0 cm³/mol. The molecule has 0 bridgehead atoms. The van der Waals surface area contributed by atoms with Gasteiger partial charge < -0.3 is 16.0 Å². The smallest absolute Gasteiger partial charge is 0.378 e. The Balaban J connectivity index is 0.00000529. The van der Waals surface area contributed by atoms with Gasteiger partial charge >= 0.3 is 6.18 Å². The van der Waals surface area contributed by atoms with Gasteiger partial charge in [0.25, 0.3) is 5.69 Å². The summed E-state index contributed by atoms with van der Waals surface area (Å²) in [6, 6.07) is 6.19. The van der Waals surface area contributed by atoms with Crippen LogP contribution in [0.2, 0.25) is 0 Å². The Labute approximate surface area is 154 Å². The van der Waals surface area contributed by atoms with Crippen LogP contribution < -0.4 is 16.0 Å². The molecule has 0 aromatic heterocycles. The fraction of sp³-hybridized carbons (Fsp3) is 0.462. The lowest BCUT2D eigenvalue weighted by Gasteiger charge is -2.13. The fourth-order valence-corrected chi connectivity index (χ4v) is 1.70. The number of alkyl halides is 3. The molecule has 24 heavy (non-hydrogen) atoms. The Hall–Kier alpha value is -1.79. The van der Waals surface area contributed by atoms with Crippen LogP contribution in [0.4, 0.5) is 24.5 Å². The Morgan fingerprint density at radius 3 is 2.42 bits per heavy atom. The minimum absolute atomic E-state index is 0. The second-order valence-corrected chi connectivity index (χ2v) is 4.49. The van der Waals surface area contributed by atoms with E-state index in [2.05, 4.69) is 20.9 Å². The van der Waals surface area contributed by atoms with Crippen LogP contribution in [0.1, 0.15) is 6.42 Å². The summed E-state index contributed by atoms with van der Waals surface area (Å²) in [6.45, 7) is 0.392. The van der Waals surface area contributed by atoms with Gasteiger partial charge in [-0.25, -0.2) is 0 Å². The van der Waals surface area contributed by atoms with E-state index in [0.29, 0.717) is 18.8 Å². The summed E-state index contributed by atoms with van der Waals surface area (Å²) in [4.78, 5) is 14.1. The van der Waals surface area contributed by atoms with Crippen LogP contribution in [0.3, 0.4) is 0 Å². The van der Waals surface area contributed by atoms with Crippen molar-refractivity contribution < 1.29 is 18.1 Å². The summed E-state index contributed by atoms with van der Waals surface area (Å²) >= 11 is 0. The molecular formula is C13H19F3IN5O2. The number of hydrogen-bond donors (Lipinski definition) is 3. The molecular weight excluding hydrogens is 442 g/mol. The Bertz CT molecular complexity index is 555. The molecule has 11 heteroatoms. The minimum Gasteiger partial charge on any atom is -0.378 e. The molecule has 0 atom stereocenters. The van der Waals surface area contributed by atoms with Crippen molar-refractivity contribution in [1.29, 1.82) is 0 Å². The van der Waals surface area contributed by atoms with Crippen LogP contribution in [-0.2, 0) is 0 Å². The van der Waals surface area contributed by atoms with E-state index in [9.17, 15) is 23.3 Å². The molecule has 0 fully saturated rings. The molecule has 3 N–H and O–H groups in total. The SMILES string of the molecule is CN=C(NCCNc1ccccc1[N+](=O)[O-])NCCC(F)(F)F.I. The summed E-state index contributed by atoms with van der Waals surface area (Å²) in [5.74, 6) is 0.235. The summed E-state index contributed by atoms with van der Waals surface area (Å²) in [5, 5.41) is 19.1. The zero-order valence-electron chi connectivity index (χ0n) is 12.9. The number of guanidine groups is 1. The topological polar surface area (TPSA) is 91.6 Å². The number of nitro groups is 1. The van der Waals surface area contributed by atoms with E-state index in [0.717, 1.165) is 0 Å². The van der Waals surface area contributed by atoms with E-state index in [1.165, 1.54) is 13.1 Å². The van der Waals surface area contributed by atoms with Gasteiger partial charge in [-0.2, -0.15) is 13.2 Å². The number of nitrogens with one attached hydrogen (secondary N) is 3. The van der Waals surface area contributed by atoms with E-state index >= 15 is 0 Å². The number of aliphatic imine (C=N–C) groups is 1. The highest BCUT2D eigenvalue weighted by molar-refractivity contribution is 14.0. The third-order valence-electron chi connectivity index (χ3n) is 2.76. The average molecular weight is 461 g/mol. The highest BCUT2D eigenvalue weighted by Crippen LogP contribution is 2.22. The van der Waals surface area contributed by atoms with Crippen molar-refractivity contribution in [2.75, 3.05) is 32.0 Å². The summed E-state index contributed by atoms with van der Waals surface area (Å²) in [7, 11) is 1.44. The standard InChI is InChI=1S/C13H18F3N5O2.HI/c1-17-12(19-7-6-13(14,15)16)20-9-8-18-10-4-2-3-5-11(10)21(22)23;/h2-5,18H,6-9H2,1H3,(H2,17,19,20);1H. The van der Waals surface area contributed by atoms with E-state index in [1.807, 2.05) is 0 Å². The quantitative estimate of drug-likeness (QED) is 0.145. The van der Waals surface area contributed by atoms with Gasteiger partial charge in [0.2, 0.25) is 0 Å². The highest BCUT2D eigenvalue weighted by Gasteiger charge is 2.26. The monoisotopic (exact) mass is 461 g/mol. The molecule has 0 saturated carbocycles. The molecule has 136 valence electrons. The lowest BCUT2D eigenvalue weighted by atomic mass is 10.2.